The number of likely N-dealkylation sites (N-methyl/N-ethyl adjacent to an activating group) is 1. The Morgan fingerprint density at radius 2 is 2.26 bits per heavy atom. The van der Waals surface area contributed by atoms with E-state index in [1.54, 1.807) is 0 Å². The second-order valence-corrected chi connectivity index (χ2v) is 4.84. The molecule has 1 aliphatic rings. The first kappa shape index (κ1) is 16.3. The molecule has 1 aliphatic carbocycles. The van der Waals surface area contributed by atoms with Crippen LogP contribution in [0.5, 0.6) is 0 Å². The molecule has 0 spiro atoms. The van der Waals surface area contributed by atoms with E-state index in [4.69, 9.17) is 9.47 Å². The third kappa shape index (κ3) is 4.11. The first-order valence-electron chi connectivity index (χ1n) is 6.76. The summed E-state index contributed by atoms with van der Waals surface area (Å²) in [4.78, 5) is 12.0. The van der Waals surface area contributed by atoms with Crippen molar-refractivity contribution >= 4 is 5.97 Å². The van der Waals surface area contributed by atoms with E-state index in [2.05, 4.69) is 5.32 Å². The molecular formula is C13H23F2NO3. The van der Waals surface area contributed by atoms with Crippen molar-refractivity contribution in [2.75, 3.05) is 26.9 Å². The molecule has 1 saturated carbocycles. The molecule has 0 aliphatic heterocycles. The Bertz CT molecular complexity index is 289. The molecule has 0 amide bonds. The molecule has 2 atom stereocenters. The van der Waals surface area contributed by atoms with Crippen molar-refractivity contribution in [2.24, 2.45) is 5.92 Å². The maximum absolute atomic E-state index is 12.0. The first-order valence-corrected chi connectivity index (χ1v) is 6.76. The zero-order chi connectivity index (χ0) is 14.3. The lowest BCUT2D eigenvalue weighted by Crippen LogP contribution is -2.55. The minimum absolute atomic E-state index is 0.0811. The number of rotatable bonds is 8. The van der Waals surface area contributed by atoms with Crippen LogP contribution in [-0.4, -0.2) is 44.8 Å². The molecule has 2 unspecified atom stereocenters. The number of esters is 1. The van der Waals surface area contributed by atoms with Gasteiger partial charge in [-0.1, -0.05) is 13.3 Å². The minimum Gasteiger partial charge on any atom is -0.468 e. The summed E-state index contributed by atoms with van der Waals surface area (Å²) in [5.74, 6) is -0.178. The number of halogens is 2. The zero-order valence-electron chi connectivity index (χ0n) is 11.6. The maximum Gasteiger partial charge on any atom is 0.326 e. The van der Waals surface area contributed by atoms with Gasteiger partial charge < -0.3 is 14.8 Å². The van der Waals surface area contributed by atoms with Gasteiger partial charge in [0.25, 0.3) is 6.43 Å². The van der Waals surface area contributed by atoms with Crippen LogP contribution in [-0.2, 0) is 14.3 Å². The van der Waals surface area contributed by atoms with Gasteiger partial charge >= 0.3 is 5.97 Å². The topological polar surface area (TPSA) is 47.6 Å². The Morgan fingerprint density at radius 1 is 1.53 bits per heavy atom. The van der Waals surface area contributed by atoms with Crippen LogP contribution in [0.3, 0.4) is 0 Å². The fourth-order valence-corrected chi connectivity index (χ4v) is 2.94. The number of hydrogen-bond donors (Lipinski definition) is 1. The highest BCUT2D eigenvalue weighted by atomic mass is 19.3. The highest BCUT2D eigenvalue weighted by Crippen LogP contribution is 2.38. The number of carbonyl (C=O) groups is 1. The number of alkyl halides is 2. The predicted octanol–water partition coefficient (Wildman–Crippen LogP) is 1.98. The van der Waals surface area contributed by atoms with Gasteiger partial charge in [0, 0.05) is 6.61 Å². The van der Waals surface area contributed by atoms with Crippen LogP contribution in [0.1, 0.15) is 32.6 Å². The number of carbonyl (C=O) groups excluding carboxylic acids is 1. The van der Waals surface area contributed by atoms with Crippen LogP contribution in [0.4, 0.5) is 8.78 Å². The summed E-state index contributed by atoms with van der Waals surface area (Å²) in [7, 11) is 1.38. The molecule has 1 fully saturated rings. The summed E-state index contributed by atoms with van der Waals surface area (Å²) in [5, 5.41) is 3.23. The molecule has 19 heavy (non-hydrogen) atoms. The second kappa shape index (κ2) is 7.75. The highest BCUT2D eigenvalue weighted by molar-refractivity contribution is 5.81. The number of ether oxygens (including phenoxy) is 2. The van der Waals surface area contributed by atoms with Crippen LogP contribution in [0, 0.1) is 5.92 Å². The van der Waals surface area contributed by atoms with Crippen LogP contribution >= 0.6 is 0 Å². The van der Waals surface area contributed by atoms with Crippen LogP contribution in [0.25, 0.3) is 0 Å². The normalized spacial score (nSPS) is 26.9. The van der Waals surface area contributed by atoms with Gasteiger partial charge in [0.05, 0.1) is 7.11 Å². The molecule has 1 rings (SSSR count). The Labute approximate surface area is 112 Å². The Morgan fingerprint density at radius 3 is 2.84 bits per heavy atom. The molecule has 0 radical (unpaired) electrons. The van der Waals surface area contributed by atoms with E-state index in [0.717, 1.165) is 19.3 Å². The smallest absolute Gasteiger partial charge is 0.326 e. The van der Waals surface area contributed by atoms with Gasteiger partial charge in [0.2, 0.25) is 0 Å². The van der Waals surface area contributed by atoms with Crippen molar-refractivity contribution < 1.29 is 23.0 Å². The number of hydrogen-bond acceptors (Lipinski definition) is 4. The Balaban J connectivity index is 2.56. The van der Waals surface area contributed by atoms with Gasteiger partial charge in [-0.2, -0.15) is 0 Å². The second-order valence-electron chi connectivity index (χ2n) is 4.84. The largest absolute Gasteiger partial charge is 0.468 e. The van der Waals surface area contributed by atoms with Gasteiger partial charge in [-0.3, -0.25) is 4.79 Å². The van der Waals surface area contributed by atoms with Crippen molar-refractivity contribution in [1.82, 2.24) is 5.32 Å². The van der Waals surface area contributed by atoms with Gasteiger partial charge in [0.1, 0.15) is 12.1 Å². The van der Waals surface area contributed by atoms with Crippen molar-refractivity contribution in [3.05, 3.63) is 0 Å². The lowest BCUT2D eigenvalue weighted by molar-refractivity contribution is -0.150. The standard InChI is InChI=1S/C13H23F2NO3/c1-3-16-13(12(17)18-2)7-4-5-10(13)6-8-19-9-11(14)15/h10-11,16H,3-9H2,1-2H3. The Kier molecular flexibility index (Phi) is 6.65. The van der Waals surface area contributed by atoms with Gasteiger partial charge in [-0.15, -0.1) is 0 Å². The summed E-state index contributed by atoms with van der Waals surface area (Å²) < 4.78 is 33.8. The summed E-state index contributed by atoms with van der Waals surface area (Å²) >= 11 is 0. The lowest BCUT2D eigenvalue weighted by Gasteiger charge is -2.33. The average Bonchev–Trinajstić information content (AvgIpc) is 2.78. The van der Waals surface area contributed by atoms with Crippen molar-refractivity contribution in [2.45, 2.75) is 44.6 Å². The van der Waals surface area contributed by atoms with Gasteiger partial charge in [0.15, 0.2) is 0 Å². The van der Waals surface area contributed by atoms with Crippen molar-refractivity contribution in [3.63, 3.8) is 0 Å². The molecule has 0 bridgehead atoms. The van der Waals surface area contributed by atoms with E-state index in [-0.39, 0.29) is 18.5 Å². The number of methoxy groups -OCH3 is 1. The molecule has 4 nitrogen and oxygen atoms in total. The third-order valence-electron chi connectivity index (χ3n) is 3.72. The predicted molar refractivity (Wildman–Crippen MR) is 67.2 cm³/mol. The fourth-order valence-electron chi connectivity index (χ4n) is 2.94. The molecule has 0 aromatic carbocycles. The fraction of sp³-hybridized carbons (Fsp3) is 0.923. The van der Waals surface area contributed by atoms with E-state index in [0.29, 0.717) is 13.0 Å². The number of nitrogens with one attached hydrogen (secondary N) is 1. The van der Waals surface area contributed by atoms with E-state index in [9.17, 15) is 13.6 Å². The average molecular weight is 279 g/mol. The summed E-state index contributed by atoms with van der Waals surface area (Å²) in [6.07, 6.45) is 0.701. The summed E-state index contributed by atoms with van der Waals surface area (Å²) in [6.45, 7) is 2.31. The molecule has 6 heteroatoms. The zero-order valence-corrected chi connectivity index (χ0v) is 11.6. The molecule has 1 N–H and O–H groups in total. The maximum atomic E-state index is 12.0. The SMILES string of the molecule is CCNC1(C(=O)OC)CCCC1CCOCC(F)F. The van der Waals surface area contributed by atoms with Crippen LogP contribution < -0.4 is 5.32 Å². The van der Waals surface area contributed by atoms with E-state index in [1.807, 2.05) is 6.92 Å². The summed E-state index contributed by atoms with van der Waals surface area (Å²) in [5.41, 5.74) is -0.669. The van der Waals surface area contributed by atoms with Crippen LogP contribution in [0.2, 0.25) is 0 Å². The molecule has 0 saturated heterocycles. The van der Waals surface area contributed by atoms with E-state index in [1.165, 1.54) is 7.11 Å². The van der Waals surface area contributed by atoms with E-state index < -0.39 is 18.6 Å². The lowest BCUT2D eigenvalue weighted by atomic mass is 9.84. The molecule has 0 heterocycles. The van der Waals surface area contributed by atoms with Gasteiger partial charge in [-0.25, -0.2) is 8.78 Å². The van der Waals surface area contributed by atoms with Crippen molar-refractivity contribution in [3.8, 4) is 0 Å². The van der Waals surface area contributed by atoms with Crippen LogP contribution in [0.15, 0.2) is 0 Å². The highest BCUT2D eigenvalue weighted by Gasteiger charge is 2.48. The molecular weight excluding hydrogens is 256 g/mol. The summed E-state index contributed by atoms with van der Waals surface area (Å²) in [6, 6.07) is 0. The Hall–Kier alpha value is -0.750. The molecule has 0 aromatic heterocycles. The first-order chi connectivity index (χ1) is 9.06. The van der Waals surface area contributed by atoms with Crippen molar-refractivity contribution in [1.29, 1.82) is 0 Å². The van der Waals surface area contributed by atoms with Gasteiger partial charge in [-0.05, 0) is 31.7 Å². The molecule has 0 aromatic rings. The quantitative estimate of drug-likeness (QED) is 0.545. The molecule has 112 valence electrons. The van der Waals surface area contributed by atoms with E-state index >= 15 is 0 Å². The third-order valence-corrected chi connectivity index (χ3v) is 3.72. The monoisotopic (exact) mass is 279 g/mol. The minimum atomic E-state index is -2.44.